The highest BCUT2D eigenvalue weighted by molar-refractivity contribution is 6.11. The van der Waals surface area contributed by atoms with Crippen LogP contribution in [0.15, 0.2) is 210 Å². The summed E-state index contributed by atoms with van der Waals surface area (Å²) in [6.07, 6.45) is 4.66. The van der Waals surface area contributed by atoms with Crippen LogP contribution in [0, 0.1) is 0 Å². The first-order chi connectivity index (χ1) is 29.1. The van der Waals surface area contributed by atoms with Crippen molar-refractivity contribution in [2.75, 3.05) is 0 Å². The number of aryl methyl sites for hydroxylation is 2. The predicted molar refractivity (Wildman–Crippen MR) is 249 cm³/mol. The molecule has 0 heterocycles. The number of nitrogens with zero attached hydrogens (tertiary/aromatic N) is 2. The highest BCUT2D eigenvalue weighted by Gasteiger charge is 2.19. The van der Waals surface area contributed by atoms with E-state index in [-0.39, 0.29) is 6.04 Å². The Morgan fingerprint density at radius 3 is 1.46 bits per heavy atom. The Hall–Kier alpha value is -7.10. The molecule has 0 amide bonds. The lowest BCUT2D eigenvalue weighted by atomic mass is 9.85. The summed E-state index contributed by atoms with van der Waals surface area (Å²) in [6.45, 7) is 2.12. The van der Waals surface area contributed by atoms with Gasteiger partial charge in [-0.2, -0.15) is 0 Å². The summed E-state index contributed by atoms with van der Waals surface area (Å²) in [5.41, 5.74) is 24.4. The molecule has 0 aliphatic heterocycles. The number of fused-ring (bicyclic) bond motifs is 1. The van der Waals surface area contributed by atoms with Crippen molar-refractivity contribution >= 4 is 11.7 Å². The zero-order valence-electron chi connectivity index (χ0n) is 33.4. The van der Waals surface area contributed by atoms with Gasteiger partial charge in [0.1, 0.15) is 5.84 Å². The van der Waals surface area contributed by atoms with Gasteiger partial charge < -0.3 is 5.73 Å². The van der Waals surface area contributed by atoms with Gasteiger partial charge >= 0.3 is 0 Å². The van der Waals surface area contributed by atoms with E-state index in [0.29, 0.717) is 11.7 Å². The fourth-order valence-corrected chi connectivity index (χ4v) is 8.52. The molecule has 0 fully saturated rings. The Bertz CT molecular complexity index is 2800. The van der Waals surface area contributed by atoms with Crippen LogP contribution in [0.4, 0.5) is 0 Å². The molecule has 3 heteroatoms. The summed E-state index contributed by atoms with van der Waals surface area (Å²) >= 11 is 0. The molecule has 3 nitrogen and oxygen atoms in total. The van der Waals surface area contributed by atoms with E-state index in [1.165, 1.54) is 62.9 Å². The van der Waals surface area contributed by atoms with Crippen molar-refractivity contribution in [1.82, 2.24) is 0 Å². The van der Waals surface area contributed by atoms with Crippen LogP contribution in [0.1, 0.15) is 53.6 Å². The van der Waals surface area contributed by atoms with Gasteiger partial charge in [0.2, 0.25) is 0 Å². The van der Waals surface area contributed by atoms with Gasteiger partial charge in [0.15, 0.2) is 5.84 Å². The Labute approximate surface area is 348 Å². The zero-order valence-corrected chi connectivity index (χ0v) is 33.4. The van der Waals surface area contributed by atoms with E-state index in [9.17, 15) is 0 Å². The average molecular weight is 762 g/mol. The lowest BCUT2D eigenvalue weighted by molar-refractivity contribution is 0.685. The fraction of sp³-hybridized carbons (Fsp3) is 0.107. The Kier molecular flexibility index (Phi) is 10.9. The van der Waals surface area contributed by atoms with Gasteiger partial charge in [0, 0.05) is 11.1 Å². The molecule has 0 spiro atoms. The third-order valence-electron chi connectivity index (χ3n) is 11.6. The maximum Gasteiger partial charge on any atom is 0.157 e. The van der Waals surface area contributed by atoms with E-state index >= 15 is 0 Å². The lowest BCUT2D eigenvalue weighted by Crippen LogP contribution is -2.18. The molecular formula is C56H47N3. The van der Waals surface area contributed by atoms with Crippen LogP contribution >= 0.6 is 0 Å². The van der Waals surface area contributed by atoms with Crippen molar-refractivity contribution in [2.24, 2.45) is 15.7 Å². The highest BCUT2D eigenvalue weighted by Crippen LogP contribution is 2.43. The van der Waals surface area contributed by atoms with Gasteiger partial charge in [-0.25, -0.2) is 4.99 Å². The van der Waals surface area contributed by atoms with Crippen LogP contribution in [0.3, 0.4) is 0 Å². The number of benzene rings is 8. The van der Waals surface area contributed by atoms with Gasteiger partial charge in [-0.05, 0) is 117 Å². The first kappa shape index (κ1) is 37.5. The minimum atomic E-state index is -0.124. The van der Waals surface area contributed by atoms with Crippen molar-refractivity contribution in [3.05, 3.63) is 228 Å². The molecule has 59 heavy (non-hydrogen) atoms. The first-order valence-electron chi connectivity index (χ1n) is 20.7. The van der Waals surface area contributed by atoms with Gasteiger partial charge in [-0.3, -0.25) is 4.99 Å². The van der Waals surface area contributed by atoms with E-state index in [1.807, 2.05) is 6.07 Å². The Balaban J connectivity index is 1.14. The topological polar surface area (TPSA) is 50.7 Å². The molecule has 8 aromatic rings. The quantitative estimate of drug-likeness (QED) is 0.116. The normalized spacial score (nSPS) is 13.4. The second-order valence-electron chi connectivity index (χ2n) is 15.4. The molecule has 0 saturated carbocycles. The van der Waals surface area contributed by atoms with E-state index in [2.05, 4.69) is 201 Å². The lowest BCUT2D eigenvalue weighted by Gasteiger charge is -2.19. The molecule has 2 N–H and O–H groups in total. The smallest absolute Gasteiger partial charge is 0.157 e. The second kappa shape index (κ2) is 17.2. The third kappa shape index (κ3) is 8.06. The molecule has 1 aliphatic carbocycles. The number of rotatable bonds is 9. The maximum atomic E-state index is 6.87. The van der Waals surface area contributed by atoms with Crippen LogP contribution in [0.25, 0.3) is 55.6 Å². The fourth-order valence-electron chi connectivity index (χ4n) is 8.52. The zero-order chi connectivity index (χ0) is 40.0. The molecule has 0 bridgehead atoms. The van der Waals surface area contributed by atoms with Crippen LogP contribution in [0.2, 0.25) is 0 Å². The van der Waals surface area contributed by atoms with E-state index in [0.717, 1.165) is 46.2 Å². The van der Waals surface area contributed by atoms with Gasteiger partial charge in [0.05, 0.1) is 6.04 Å². The molecule has 0 saturated heterocycles. The van der Waals surface area contributed by atoms with E-state index in [1.54, 1.807) is 0 Å². The molecule has 1 aliphatic rings. The predicted octanol–water partition coefficient (Wildman–Crippen LogP) is 13.8. The minimum absolute atomic E-state index is 0.124. The number of nitrogens with two attached hydrogens (primary N) is 1. The highest BCUT2D eigenvalue weighted by atomic mass is 15.0. The summed E-state index contributed by atoms with van der Waals surface area (Å²) in [4.78, 5) is 10.4. The summed E-state index contributed by atoms with van der Waals surface area (Å²) in [5.74, 6) is 1.09. The van der Waals surface area contributed by atoms with Crippen LogP contribution < -0.4 is 5.73 Å². The minimum Gasteiger partial charge on any atom is -0.383 e. The standard InChI is InChI=1S/C56H47N3/c1-39(40-19-4-2-5-20-40)58-56(59-55(57)45-36-35-41-21-8-9-24-43(41)37-45)46-26-18-25-44(38-46)48-28-11-13-30-50(48)52-32-15-17-34-54(52)53-33-16-14-31-51(53)49-29-12-10-27-47(49)42-22-6-3-7-23-42/h2-7,10-20,22-23,25-39H,8-9,21,24H2,1H3,(H2,57,58,59). The largest absolute Gasteiger partial charge is 0.383 e. The first-order valence-corrected chi connectivity index (χ1v) is 20.7. The number of aliphatic imine (C=N–C) groups is 2. The maximum absolute atomic E-state index is 6.87. The third-order valence-corrected chi connectivity index (χ3v) is 11.6. The number of hydrogen-bond acceptors (Lipinski definition) is 1. The van der Waals surface area contributed by atoms with E-state index in [4.69, 9.17) is 15.7 Å². The molecule has 8 aromatic carbocycles. The van der Waals surface area contributed by atoms with Crippen molar-refractivity contribution < 1.29 is 0 Å². The van der Waals surface area contributed by atoms with Crippen LogP contribution in [-0.2, 0) is 12.8 Å². The Morgan fingerprint density at radius 1 is 0.424 bits per heavy atom. The van der Waals surface area contributed by atoms with Gasteiger partial charge in [-0.1, -0.05) is 188 Å². The number of hydrogen-bond donors (Lipinski definition) is 1. The van der Waals surface area contributed by atoms with Crippen LogP contribution in [0.5, 0.6) is 0 Å². The summed E-state index contributed by atoms with van der Waals surface area (Å²) in [5, 5.41) is 0. The average Bonchev–Trinajstić information content (AvgIpc) is 3.31. The van der Waals surface area contributed by atoms with Crippen molar-refractivity contribution in [3.63, 3.8) is 0 Å². The van der Waals surface area contributed by atoms with Gasteiger partial charge in [-0.15, -0.1) is 0 Å². The summed E-state index contributed by atoms with van der Waals surface area (Å²) in [6, 6.07) is 71.1. The summed E-state index contributed by atoms with van der Waals surface area (Å²) in [7, 11) is 0. The number of amidine groups is 2. The Morgan fingerprint density at radius 2 is 0.881 bits per heavy atom. The van der Waals surface area contributed by atoms with Crippen LogP contribution in [-0.4, -0.2) is 11.7 Å². The molecule has 1 unspecified atom stereocenters. The molecule has 1 atom stereocenters. The molecular weight excluding hydrogens is 715 g/mol. The molecule has 286 valence electrons. The second-order valence-corrected chi connectivity index (χ2v) is 15.4. The van der Waals surface area contributed by atoms with Crippen molar-refractivity contribution in [3.8, 4) is 55.6 Å². The SMILES string of the molecule is CC(/N=C(\N=C(/N)c1ccc2c(c1)CCCC2)c1cccc(-c2ccccc2-c2ccccc2-c2ccccc2-c2ccccc2-c2ccccc2)c1)c1ccccc1. The molecule has 0 aromatic heterocycles. The summed E-state index contributed by atoms with van der Waals surface area (Å²) < 4.78 is 0. The van der Waals surface area contributed by atoms with Gasteiger partial charge in [0.25, 0.3) is 0 Å². The van der Waals surface area contributed by atoms with Crippen molar-refractivity contribution in [1.29, 1.82) is 0 Å². The van der Waals surface area contributed by atoms with Crippen molar-refractivity contribution in [2.45, 2.75) is 38.6 Å². The van der Waals surface area contributed by atoms with E-state index < -0.39 is 0 Å². The monoisotopic (exact) mass is 761 g/mol. The molecule has 9 rings (SSSR count). The molecule has 0 radical (unpaired) electrons.